The molecule has 1 saturated heterocycles. The van der Waals surface area contributed by atoms with E-state index in [1.807, 2.05) is 11.3 Å². The van der Waals surface area contributed by atoms with E-state index in [9.17, 15) is 0 Å². The Hall–Kier alpha value is -1.22. The third-order valence-corrected chi connectivity index (χ3v) is 4.14. The third kappa shape index (κ3) is 1.76. The Kier molecular flexibility index (Phi) is 2.70. The van der Waals surface area contributed by atoms with Gasteiger partial charge < -0.3 is 9.47 Å². The zero-order valence-corrected chi connectivity index (χ0v) is 10.1. The zero-order valence-electron chi connectivity index (χ0n) is 9.25. The lowest BCUT2D eigenvalue weighted by molar-refractivity contribution is 0.378. The maximum Gasteiger partial charge on any atom is 0.106 e. The number of aromatic nitrogens is 1. The van der Waals surface area contributed by atoms with Gasteiger partial charge in [0, 0.05) is 18.9 Å². The number of hydrogen-bond acceptors (Lipinski definition) is 2. The van der Waals surface area contributed by atoms with Gasteiger partial charge in [-0.05, 0) is 48.9 Å². The molecule has 0 N–H and O–H groups in total. The van der Waals surface area contributed by atoms with Crippen LogP contribution in [-0.2, 0) is 0 Å². The molecule has 0 bridgehead atoms. The van der Waals surface area contributed by atoms with Crippen LogP contribution in [0.2, 0.25) is 0 Å². The first-order valence-electron chi connectivity index (χ1n) is 5.88. The van der Waals surface area contributed by atoms with Crippen molar-refractivity contribution in [3.63, 3.8) is 0 Å². The molecule has 0 radical (unpaired) electrons. The highest BCUT2D eigenvalue weighted by molar-refractivity contribution is 7.14. The molecule has 3 heterocycles. The predicted molar refractivity (Wildman–Crippen MR) is 69.0 cm³/mol. The van der Waals surface area contributed by atoms with Crippen molar-refractivity contribution in [2.24, 2.45) is 0 Å². The fourth-order valence-electron chi connectivity index (χ4n) is 2.46. The van der Waals surface area contributed by atoms with E-state index in [0.717, 1.165) is 0 Å². The van der Waals surface area contributed by atoms with Gasteiger partial charge in [0.25, 0.3) is 0 Å². The van der Waals surface area contributed by atoms with Gasteiger partial charge in [0.15, 0.2) is 0 Å². The smallest absolute Gasteiger partial charge is 0.106 e. The summed E-state index contributed by atoms with van der Waals surface area (Å²) in [6, 6.07) is 8.59. The van der Waals surface area contributed by atoms with E-state index in [1.54, 1.807) is 0 Å². The molecular weight excluding hydrogens is 216 g/mol. The van der Waals surface area contributed by atoms with E-state index in [1.165, 1.54) is 30.8 Å². The average molecular weight is 232 g/mol. The van der Waals surface area contributed by atoms with Crippen molar-refractivity contribution in [2.45, 2.75) is 25.4 Å². The van der Waals surface area contributed by atoms with Crippen LogP contribution in [0.1, 0.15) is 25.4 Å². The van der Waals surface area contributed by atoms with Gasteiger partial charge in [-0.15, -0.1) is 11.3 Å². The van der Waals surface area contributed by atoms with Crippen molar-refractivity contribution in [1.82, 2.24) is 4.57 Å². The zero-order chi connectivity index (χ0) is 10.8. The number of hydrogen-bond donors (Lipinski definition) is 0. The number of piperidine rings is 1. The van der Waals surface area contributed by atoms with E-state index in [4.69, 9.17) is 0 Å². The van der Waals surface area contributed by atoms with E-state index in [-0.39, 0.29) is 0 Å². The second-order valence-corrected chi connectivity index (χ2v) is 5.18. The third-order valence-electron chi connectivity index (χ3n) is 3.23. The number of nitrogens with zero attached hydrogens (tertiary/aromatic N) is 2. The van der Waals surface area contributed by atoms with Crippen molar-refractivity contribution in [3.05, 3.63) is 42.0 Å². The SMILES string of the molecule is c1csc(N2CCCCC2n2cccc2)c1. The van der Waals surface area contributed by atoms with Crippen molar-refractivity contribution in [2.75, 3.05) is 11.4 Å². The average Bonchev–Trinajstić information content (AvgIpc) is 3.03. The van der Waals surface area contributed by atoms with Crippen LogP contribution in [0.4, 0.5) is 5.00 Å². The maximum atomic E-state index is 2.54. The van der Waals surface area contributed by atoms with Crippen LogP contribution in [0, 0.1) is 0 Å². The highest BCUT2D eigenvalue weighted by Gasteiger charge is 2.23. The first-order chi connectivity index (χ1) is 7.95. The van der Waals surface area contributed by atoms with Crippen LogP contribution in [-0.4, -0.2) is 11.1 Å². The molecule has 0 saturated carbocycles. The summed E-state index contributed by atoms with van der Waals surface area (Å²) in [6.07, 6.45) is 8.78. The topological polar surface area (TPSA) is 8.17 Å². The van der Waals surface area contributed by atoms with Gasteiger partial charge in [0.1, 0.15) is 6.17 Å². The van der Waals surface area contributed by atoms with Gasteiger partial charge in [-0.2, -0.15) is 0 Å². The Morgan fingerprint density at radius 3 is 2.75 bits per heavy atom. The van der Waals surface area contributed by atoms with Crippen molar-refractivity contribution in [3.8, 4) is 0 Å². The molecule has 1 aliphatic rings. The van der Waals surface area contributed by atoms with Crippen LogP contribution >= 0.6 is 11.3 Å². The monoisotopic (exact) mass is 232 g/mol. The first-order valence-corrected chi connectivity index (χ1v) is 6.76. The summed E-state index contributed by atoms with van der Waals surface area (Å²) in [6.45, 7) is 1.18. The summed E-state index contributed by atoms with van der Waals surface area (Å²) >= 11 is 1.84. The van der Waals surface area contributed by atoms with Gasteiger partial charge in [-0.25, -0.2) is 0 Å². The molecule has 2 nitrogen and oxygen atoms in total. The van der Waals surface area contributed by atoms with Crippen LogP contribution in [0.5, 0.6) is 0 Å². The number of thiophene rings is 1. The molecule has 0 aromatic carbocycles. The van der Waals surface area contributed by atoms with Gasteiger partial charge in [0.2, 0.25) is 0 Å². The molecular formula is C13H16N2S. The van der Waals surface area contributed by atoms with Crippen molar-refractivity contribution >= 4 is 16.3 Å². The van der Waals surface area contributed by atoms with E-state index in [2.05, 4.69) is 51.5 Å². The summed E-state index contributed by atoms with van der Waals surface area (Å²) in [4.78, 5) is 2.54. The molecule has 2 aromatic rings. The Labute approximate surface area is 100 Å². The standard InChI is InChI=1S/C13H16N2S/c1-2-10-15(13-7-5-11-16-13)12(6-1)14-8-3-4-9-14/h3-5,7-9,11-12H,1-2,6,10H2. The van der Waals surface area contributed by atoms with Crippen LogP contribution < -0.4 is 4.90 Å². The molecule has 2 aromatic heterocycles. The molecule has 3 heteroatoms. The highest BCUT2D eigenvalue weighted by atomic mass is 32.1. The Morgan fingerprint density at radius 1 is 1.12 bits per heavy atom. The number of anilines is 1. The second-order valence-electron chi connectivity index (χ2n) is 4.25. The lowest BCUT2D eigenvalue weighted by Gasteiger charge is -2.37. The van der Waals surface area contributed by atoms with E-state index in [0.29, 0.717) is 6.17 Å². The maximum absolute atomic E-state index is 2.54. The van der Waals surface area contributed by atoms with Crippen molar-refractivity contribution < 1.29 is 0 Å². The fraction of sp³-hybridized carbons (Fsp3) is 0.385. The summed E-state index contributed by atoms with van der Waals surface area (Å²) < 4.78 is 2.33. The molecule has 0 aliphatic carbocycles. The van der Waals surface area contributed by atoms with E-state index >= 15 is 0 Å². The minimum absolute atomic E-state index is 0.516. The summed E-state index contributed by atoms with van der Waals surface area (Å²) in [5.41, 5.74) is 0. The molecule has 1 fully saturated rings. The fourth-order valence-corrected chi connectivity index (χ4v) is 3.26. The van der Waals surface area contributed by atoms with Gasteiger partial charge in [-0.1, -0.05) is 0 Å². The van der Waals surface area contributed by atoms with Gasteiger partial charge in [-0.3, -0.25) is 0 Å². The largest absolute Gasteiger partial charge is 0.343 e. The van der Waals surface area contributed by atoms with Crippen molar-refractivity contribution in [1.29, 1.82) is 0 Å². The molecule has 16 heavy (non-hydrogen) atoms. The summed E-state index contributed by atoms with van der Waals surface area (Å²) in [5.74, 6) is 0. The van der Waals surface area contributed by atoms with Crippen LogP contribution in [0.3, 0.4) is 0 Å². The normalized spacial score (nSPS) is 21.2. The second kappa shape index (κ2) is 4.34. The molecule has 0 amide bonds. The summed E-state index contributed by atoms with van der Waals surface area (Å²) in [7, 11) is 0. The van der Waals surface area contributed by atoms with Gasteiger partial charge in [0.05, 0.1) is 5.00 Å². The Balaban J connectivity index is 1.90. The molecule has 3 rings (SSSR count). The Morgan fingerprint density at radius 2 is 2.00 bits per heavy atom. The minimum Gasteiger partial charge on any atom is -0.343 e. The van der Waals surface area contributed by atoms with E-state index < -0.39 is 0 Å². The highest BCUT2D eigenvalue weighted by Crippen LogP contribution is 2.33. The lowest BCUT2D eigenvalue weighted by atomic mass is 10.1. The minimum atomic E-state index is 0.516. The lowest BCUT2D eigenvalue weighted by Crippen LogP contribution is -2.35. The first kappa shape index (κ1) is 9.97. The van der Waals surface area contributed by atoms with Crippen LogP contribution in [0.25, 0.3) is 0 Å². The molecule has 1 aliphatic heterocycles. The number of rotatable bonds is 2. The van der Waals surface area contributed by atoms with Gasteiger partial charge >= 0.3 is 0 Å². The molecule has 0 spiro atoms. The Bertz CT molecular complexity index is 376. The quantitative estimate of drug-likeness (QED) is 0.765. The predicted octanol–water partition coefficient (Wildman–Crippen LogP) is 3.74. The molecule has 1 atom stereocenters. The molecule has 1 unspecified atom stereocenters. The van der Waals surface area contributed by atoms with Crippen LogP contribution in [0.15, 0.2) is 42.0 Å². The molecule has 84 valence electrons. The summed E-state index contributed by atoms with van der Waals surface area (Å²) in [5, 5.41) is 3.56.